The lowest BCUT2D eigenvalue weighted by Gasteiger charge is -2.20. The van der Waals surface area contributed by atoms with Crippen molar-refractivity contribution in [2.75, 3.05) is 20.1 Å². The zero-order chi connectivity index (χ0) is 17.0. The zero-order valence-electron chi connectivity index (χ0n) is 13.1. The minimum atomic E-state index is -4.48. The van der Waals surface area contributed by atoms with Crippen LogP contribution in [0.1, 0.15) is 40.4 Å². The van der Waals surface area contributed by atoms with Crippen LogP contribution in [-0.2, 0) is 19.3 Å². The number of benzene rings is 1. The minimum Gasteiger partial charge on any atom is -0.389 e. The molecule has 0 bridgehead atoms. The first kappa shape index (κ1) is 16.3. The lowest BCUT2D eigenvalue weighted by molar-refractivity contribution is -0.138. The molecular weight excluding hydrogens is 309 g/mol. The van der Waals surface area contributed by atoms with Crippen LogP contribution in [0.4, 0.5) is 13.2 Å². The maximum absolute atomic E-state index is 13.3. The van der Waals surface area contributed by atoms with E-state index in [9.17, 15) is 23.1 Å². The molecule has 1 aromatic carbocycles. The molecule has 1 N–H and O–H groups in total. The zero-order valence-corrected chi connectivity index (χ0v) is 13.1. The third-order valence-electron chi connectivity index (χ3n) is 4.52. The van der Waals surface area contributed by atoms with Crippen LogP contribution in [0.3, 0.4) is 0 Å². The Morgan fingerprint density at radius 2 is 2.04 bits per heavy atom. The van der Waals surface area contributed by atoms with E-state index in [0.29, 0.717) is 31.6 Å². The van der Waals surface area contributed by atoms with Crippen LogP contribution < -0.4 is 0 Å². The number of carbonyl (C=O) groups excluding carboxylic acids is 1. The molecule has 4 nitrogen and oxygen atoms in total. The fourth-order valence-electron chi connectivity index (χ4n) is 3.38. The van der Waals surface area contributed by atoms with Gasteiger partial charge in [-0.05, 0) is 36.6 Å². The molecule has 0 saturated carbocycles. The SMILES string of the molecule is CN1Cc2c(cc(CN3CCC(C)(O)C3)cc2C(F)(F)F)C1=O. The quantitative estimate of drug-likeness (QED) is 0.906. The summed E-state index contributed by atoms with van der Waals surface area (Å²) in [5, 5.41) is 9.98. The highest BCUT2D eigenvalue weighted by molar-refractivity contribution is 5.98. The van der Waals surface area contributed by atoms with E-state index in [-0.39, 0.29) is 23.6 Å². The molecule has 7 heteroatoms. The second-order valence-corrected chi connectivity index (χ2v) is 6.79. The summed E-state index contributed by atoms with van der Waals surface area (Å²) in [4.78, 5) is 15.3. The van der Waals surface area contributed by atoms with E-state index in [1.807, 2.05) is 4.90 Å². The van der Waals surface area contributed by atoms with Gasteiger partial charge in [0.1, 0.15) is 0 Å². The number of nitrogens with zero attached hydrogens (tertiary/aromatic N) is 2. The Hall–Kier alpha value is -1.60. The number of fused-ring (bicyclic) bond motifs is 1. The van der Waals surface area contributed by atoms with Crippen LogP contribution in [0.5, 0.6) is 0 Å². The first-order valence-corrected chi connectivity index (χ1v) is 7.50. The number of amides is 1. The molecule has 2 aliphatic heterocycles. The van der Waals surface area contributed by atoms with Gasteiger partial charge < -0.3 is 10.0 Å². The fraction of sp³-hybridized carbons (Fsp3) is 0.562. The second-order valence-electron chi connectivity index (χ2n) is 6.79. The van der Waals surface area contributed by atoms with Crippen molar-refractivity contribution in [2.24, 2.45) is 0 Å². The molecule has 0 spiro atoms. The lowest BCUT2D eigenvalue weighted by Crippen LogP contribution is -2.29. The van der Waals surface area contributed by atoms with Crippen molar-refractivity contribution in [3.8, 4) is 0 Å². The summed E-state index contributed by atoms with van der Waals surface area (Å²) in [5.74, 6) is -0.374. The molecule has 2 heterocycles. The van der Waals surface area contributed by atoms with Gasteiger partial charge in [0.05, 0.1) is 11.2 Å². The van der Waals surface area contributed by atoms with Crippen molar-refractivity contribution < 1.29 is 23.1 Å². The molecule has 23 heavy (non-hydrogen) atoms. The van der Waals surface area contributed by atoms with Gasteiger partial charge >= 0.3 is 6.18 Å². The van der Waals surface area contributed by atoms with E-state index in [4.69, 9.17) is 0 Å². The van der Waals surface area contributed by atoms with E-state index in [1.54, 1.807) is 13.0 Å². The number of likely N-dealkylation sites (tertiary alicyclic amines) is 1. The van der Waals surface area contributed by atoms with Crippen LogP contribution in [-0.4, -0.2) is 46.6 Å². The molecule has 0 aromatic heterocycles. The van der Waals surface area contributed by atoms with Gasteiger partial charge in [-0.15, -0.1) is 0 Å². The van der Waals surface area contributed by atoms with Gasteiger partial charge in [-0.25, -0.2) is 0 Å². The number of hydrogen-bond acceptors (Lipinski definition) is 3. The highest BCUT2D eigenvalue weighted by atomic mass is 19.4. The van der Waals surface area contributed by atoms with Crippen molar-refractivity contribution in [3.63, 3.8) is 0 Å². The van der Waals surface area contributed by atoms with Gasteiger partial charge in [-0.3, -0.25) is 9.69 Å². The van der Waals surface area contributed by atoms with Crippen molar-refractivity contribution in [1.82, 2.24) is 9.80 Å². The summed E-state index contributed by atoms with van der Waals surface area (Å²) in [6, 6.07) is 2.70. The smallest absolute Gasteiger partial charge is 0.389 e. The van der Waals surface area contributed by atoms with Gasteiger partial charge in [0.15, 0.2) is 0 Å². The highest BCUT2D eigenvalue weighted by Gasteiger charge is 2.39. The Bertz CT molecular complexity index is 655. The van der Waals surface area contributed by atoms with Gasteiger partial charge in [0, 0.05) is 38.8 Å². The maximum Gasteiger partial charge on any atom is 0.416 e. The molecule has 1 saturated heterocycles. The molecule has 1 aromatic rings. The normalized spacial score (nSPS) is 25.3. The summed E-state index contributed by atoms with van der Waals surface area (Å²) in [6.45, 7) is 3.04. The van der Waals surface area contributed by atoms with Gasteiger partial charge in [-0.2, -0.15) is 13.2 Å². The number of hydrogen-bond donors (Lipinski definition) is 1. The first-order valence-electron chi connectivity index (χ1n) is 7.50. The molecule has 1 fully saturated rings. The Labute approximate surface area is 132 Å². The summed E-state index contributed by atoms with van der Waals surface area (Å²) in [7, 11) is 1.50. The third-order valence-corrected chi connectivity index (χ3v) is 4.52. The highest BCUT2D eigenvalue weighted by Crippen LogP contribution is 2.38. The molecule has 126 valence electrons. The van der Waals surface area contributed by atoms with Crippen molar-refractivity contribution >= 4 is 5.91 Å². The summed E-state index contributed by atoms with van der Waals surface area (Å²) in [6.07, 6.45) is -3.90. The van der Waals surface area contributed by atoms with E-state index in [1.165, 1.54) is 11.9 Å². The number of alkyl halides is 3. The largest absolute Gasteiger partial charge is 0.416 e. The predicted octanol–water partition coefficient (Wildman–Crippen LogP) is 2.25. The van der Waals surface area contributed by atoms with Crippen LogP contribution >= 0.6 is 0 Å². The van der Waals surface area contributed by atoms with E-state index in [2.05, 4.69) is 0 Å². The molecule has 3 rings (SSSR count). The van der Waals surface area contributed by atoms with Crippen LogP contribution in [0.15, 0.2) is 12.1 Å². The number of halogens is 3. The Kier molecular flexibility index (Phi) is 3.68. The van der Waals surface area contributed by atoms with Gasteiger partial charge in [0.25, 0.3) is 5.91 Å². The molecule has 0 radical (unpaired) electrons. The predicted molar refractivity (Wildman–Crippen MR) is 77.8 cm³/mol. The molecule has 2 aliphatic rings. The summed E-state index contributed by atoms with van der Waals surface area (Å²) in [5.41, 5.74) is -0.879. The minimum absolute atomic E-state index is 0.0122. The fourth-order valence-corrected chi connectivity index (χ4v) is 3.38. The Morgan fingerprint density at radius 1 is 1.35 bits per heavy atom. The van der Waals surface area contributed by atoms with E-state index < -0.39 is 17.3 Å². The number of β-amino-alcohol motifs (C(OH)–C–C–N with tert-alkyl or cyclic N) is 1. The second kappa shape index (κ2) is 5.21. The molecular formula is C16H19F3N2O2. The van der Waals surface area contributed by atoms with Gasteiger partial charge in [0.2, 0.25) is 0 Å². The number of aliphatic hydroxyl groups is 1. The van der Waals surface area contributed by atoms with Crippen molar-refractivity contribution in [3.05, 3.63) is 34.4 Å². The van der Waals surface area contributed by atoms with Crippen LogP contribution in [0.2, 0.25) is 0 Å². The first-order chi connectivity index (χ1) is 10.6. The van der Waals surface area contributed by atoms with Crippen LogP contribution in [0, 0.1) is 0 Å². The lowest BCUT2D eigenvalue weighted by atomic mass is 9.98. The van der Waals surface area contributed by atoms with Crippen LogP contribution in [0.25, 0.3) is 0 Å². The van der Waals surface area contributed by atoms with E-state index in [0.717, 1.165) is 6.07 Å². The molecule has 1 unspecified atom stereocenters. The van der Waals surface area contributed by atoms with Gasteiger partial charge in [-0.1, -0.05) is 0 Å². The average molecular weight is 328 g/mol. The number of rotatable bonds is 2. The number of carbonyl (C=O) groups is 1. The molecule has 1 amide bonds. The Balaban J connectivity index is 1.95. The maximum atomic E-state index is 13.3. The van der Waals surface area contributed by atoms with Crippen molar-refractivity contribution in [2.45, 2.75) is 38.2 Å². The standard InChI is InChI=1S/C16H19F3N2O2/c1-15(23)3-4-21(9-15)7-10-5-11-12(8-20(2)14(11)22)13(6-10)16(17,18)19/h5-6,23H,3-4,7-9H2,1-2H3. The van der Waals surface area contributed by atoms with E-state index >= 15 is 0 Å². The average Bonchev–Trinajstić information content (AvgIpc) is 2.89. The topological polar surface area (TPSA) is 43.8 Å². The molecule has 1 atom stereocenters. The summed E-state index contributed by atoms with van der Waals surface area (Å²) >= 11 is 0. The van der Waals surface area contributed by atoms with Crippen molar-refractivity contribution in [1.29, 1.82) is 0 Å². The monoisotopic (exact) mass is 328 g/mol. The molecule has 0 aliphatic carbocycles. The third kappa shape index (κ3) is 3.07. The summed E-state index contributed by atoms with van der Waals surface area (Å²) < 4.78 is 40.0. The Morgan fingerprint density at radius 3 is 2.61 bits per heavy atom.